The molecule has 0 saturated heterocycles. The molecule has 1 unspecified atom stereocenters. The van der Waals surface area contributed by atoms with Gasteiger partial charge in [-0.25, -0.2) is 0 Å². The molecule has 1 rings (SSSR count). The lowest BCUT2D eigenvalue weighted by atomic mass is 10.0. The first-order valence-electron chi connectivity index (χ1n) is 6.31. The zero-order valence-electron chi connectivity index (χ0n) is 11.2. The van der Waals surface area contributed by atoms with Crippen molar-refractivity contribution in [1.29, 1.82) is 0 Å². The quantitative estimate of drug-likeness (QED) is 0.860. The van der Waals surface area contributed by atoms with E-state index < -0.39 is 0 Å². The summed E-state index contributed by atoms with van der Waals surface area (Å²) in [7, 11) is 1.81. The number of hydrogen-bond acceptors (Lipinski definition) is 2. The fraction of sp³-hybridized carbons (Fsp3) is 0.500. The Kier molecular flexibility index (Phi) is 6.16. The second-order valence-corrected chi connectivity index (χ2v) is 4.74. The normalized spacial score (nSPS) is 12.2. The third-order valence-electron chi connectivity index (χ3n) is 3.08. The van der Waals surface area contributed by atoms with Crippen molar-refractivity contribution >= 4 is 17.5 Å². The molecule has 1 aromatic rings. The molecule has 0 saturated carbocycles. The molecule has 4 heteroatoms. The van der Waals surface area contributed by atoms with Gasteiger partial charge in [-0.1, -0.05) is 30.7 Å². The van der Waals surface area contributed by atoms with Crippen molar-refractivity contribution in [2.24, 2.45) is 0 Å². The van der Waals surface area contributed by atoms with Gasteiger partial charge in [-0.05, 0) is 31.0 Å². The second-order valence-electron chi connectivity index (χ2n) is 4.30. The van der Waals surface area contributed by atoms with Crippen LogP contribution in [0.3, 0.4) is 0 Å². The largest absolute Gasteiger partial charge is 0.345 e. The summed E-state index contributed by atoms with van der Waals surface area (Å²) in [4.78, 5) is 13.4. The molecule has 1 aromatic carbocycles. The van der Waals surface area contributed by atoms with Crippen LogP contribution in [0.25, 0.3) is 0 Å². The van der Waals surface area contributed by atoms with Gasteiger partial charge in [-0.2, -0.15) is 0 Å². The maximum absolute atomic E-state index is 11.7. The molecule has 1 amide bonds. The zero-order chi connectivity index (χ0) is 13.5. The molecule has 0 aromatic heterocycles. The highest BCUT2D eigenvalue weighted by molar-refractivity contribution is 6.30. The molecule has 1 atom stereocenters. The topological polar surface area (TPSA) is 32.3 Å². The third kappa shape index (κ3) is 4.31. The third-order valence-corrected chi connectivity index (χ3v) is 3.33. The molecule has 0 radical (unpaired) electrons. The number of likely N-dealkylation sites (N-methyl/N-ethyl adjacent to an activating group) is 1. The number of carbonyl (C=O) groups excluding carboxylic acids is 1. The summed E-state index contributed by atoms with van der Waals surface area (Å²) in [6, 6.07) is 7.94. The SMILES string of the molecule is CCC(NCC(=O)N(C)CC)c1ccc(Cl)cc1. The fourth-order valence-electron chi connectivity index (χ4n) is 1.71. The maximum atomic E-state index is 11.7. The minimum atomic E-state index is 0.116. The monoisotopic (exact) mass is 268 g/mol. The van der Waals surface area contributed by atoms with Crippen LogP contribution in [0.1, 0.15) is 31.9 Å². The Morgan fingerprint density at radius 1 is 1.33 bits per heavy atom. The Labute approximate surface area is 114 Å². The molecule has 0 aliphatic rings. The molecule has 3 nitrogen and oxygen atoms in total. The first kappa shape index (κ1) is 15.0. The summed E-state index contributed by atoms with van der Waals surface area (Å²) in [5.41, 5.74) is 1.16. The van der Waals surface area contributed by atoms with Crippen LogP contribution in [0.4, 0.5) is 0 Å². The number of hydrogen-bond donors (Lipinski definition) is 1. The molecule has 0 bridgehead atoms. The number of amides is 1. The highest BCUT2D eigenvalue weighted by Crippen LogP contribution is 2.18. The van der Waals surface area contributed by atoms with Crippen LogP contribution in [-0.2, 0) is 4.79 Å². The average molecular weight is 269 g/mol. The van der Waals surface area contributed by atoms with Crippen LogP contribution in [0.5, 0.6) is 0 Å². The summed E-state index contributed by atoms with van der Waals surface area (Å²) < 4.78 is 0. The Morgan fingerprint density at radius 3 is 2.44 bits per heavy atom. The second kappa shape index (κ2) is 7.39. The molecule has 0 aliphatic carbocycles. The van der Waals surface area contributed by atoms with Gasteiger partial charge in [0.05, 0.1) is 6.54 Å². The van der Waals surface area contributed by atoms with E-state index in [1.54, 1.807) is 4.90 Å². The summed E-state index contributed by atoms with van der Waals surface area (Å²) in [5.74, 6) is 0.116. The predicted octanol–water partition coefficient (Wildman–Crippen LogP) is 2.86. The van der Waals surface area contributed by atoms with Gasteiger partial charge in [-0.3, -0.25) is 4.79 Å². The highest BCUT2D eigenvalue weighted by Gasteiger charge is 2.12. The van der Waals surface area contributed by atoms with Crippen molar-refractivity contribution in [2.75, 3.05) is 20.1 Å². The van der Waals surface area contributed by atoms with Gasteiger partial charge in [0, 0.05) is 24.7 Å². The number of halogens is 1. The number of rotatable bonds is 6. The number of nitrogens with zero attached hydrogens (tertiary/aromatic N) is 1. The maximum Gasteiger partial charge on any atom is 0.236 e. The summed E-state index contributed by atoms with van der Waals surface area (Å²) >= 11 is 5.87. The number of carbonyl (C=O) groups is 1. The lowest BCUT2D eigenvalue weighted by Crippen LogP contribution is -2.36. The van der Waals surface area contributed by atoms with Crippen molar-refractivity contribution in [1.82, 2.24) is 10.2 Å². The van der Waals surface area contributed by atoms with E-state index in [-0.39, 0.29) is 11.9 Å². The standard InChI is InChI=1S/C14H21ClN2O/c1-4-13(11-6-8-12(15)9-7-11)16-10-14(18)17(3)5-2/h6-9,13,16H,4-5,10H2,1-3H3. The molecule has 1 N–H and O–H groups in total. The van der Waals surface area contributed by atoms with Gasteiger partial charge in [0.2, 0.25) is 5.91 Å². The summed E-state index contributed by atoms with van der Waals surface area (Å²) in [6.45, 7) is 5.17. The molecule has 18 heavy (non-hydrogen) atoms. The summed E-state index contributed by atoms with van der Waals surface area (Å²) in [5, 5.41) is 4.02. The molecule has 0 heterocycles. The Balaban J connectivity index is 2.57. The fourth-order valence-corrected chi connectivity index (χ4v) is 1.84. The minimum absolute atomic E-state index is 0.116. The Hall–Kier alpha value is -1.06. The lowest BCUT2D eigenvalue weighted by Gasteiger charge is -2.20. The number of benzene rings is 1. The van der Waals surface area contributed by atoms with Gasteiger partial charge in [0.25, 0.3) is 0 Å². The lowest BCUT2D eigenvalue weighted by molar-refractivity contribution is -0.128. The van der Waals surface area contributed by atoms with Gasteiger partial charge in [0.1, 0.15) is 0 Å². The van der Waals surface area contributed by atoms with Crippen molar-refractivity contribution in [3.05, 3.63) is 34.9 Å². The van der Waals surface area contributed by atoms with Crippen LogP contribution in [0.2, 0.25) is 5.02 Å². The van der Waals surface area contributed by atoms with E-state index >= 15 is 0 Å². The van der Waals surface area contributed by atoms with Crippen molar-refractivity contribution in [2.45, 2.75) is 26.3 Å². The van der Waals surface area contributed by atoms with E-state index in [1.165, 1.54) is 0 Å². The molecular weight excluding hydrogens is 248 g/mol. The molecule has 0 spiro atoms. The number of nitrogens with one attached hydrogen (secondary N) is 1. The smallest absolute Gasteiger partial charge is 0.236 e. The first-order valence-corrected chi connectivity index (χ1v) is 6.69. The first-order chi connectivity index (χ1) is 8.58. The highest BCUT2D eigenvalue weighted by atomic mass is 35.5. The van der Waals surface area contributed by atoms with Crippen LogP contribution in [0.15, 0.2) is 24.3 Å². The predicted molar refractivity (Wildman–Crippen MR) is 75.8 cm³/mol. The van der Waals surface area contributed by atoms with Crippen LogP contribution in [-0.4, -0.2) is 30.9 Å². The van der Waals surface area contributed by atoms with Gasteiger partial charge in [0.15, 0.2) is 0 Å². The van der Waals surface area contributed by atoms with Crippen LogP contribution in [0, 0.1) is 0 Å². The van der Waals surface area contributed by atoms with Crippen molar-refractivity contribution in [3.63, 3.8) is 0 Å². The van der Waals surface area contributed by atoms with E-state index in [0.29, 0.717) is 6.54 Å². The van der Waals surface area contributed by atoms with E-state index in [9.17, 15) is 4.79 Å². The van der Waals surface area contributed by atoms with Crippen LogP contribution < -0.4 is 5.32 Å². The molecule has 0 aliphatic heterocycles. The molecule has 0 fully saturated rings. The van der Waals surface area contributed by atoms with Crippen molar-refractivity contribution < 1.29 is 4.79 Å². The average Bonchev–Trinajstić information content (AvgIpc) is 2.40. The van der Waals surface area contributed by atoms with E-state index in [4.69, 9.17) is 11.6 Å². The molecule has 100 valence electrons. The minimum Gasteiger partial charge on any atom is -0.345 e. The van der Waals surface area contributed by atoms with Crippen LogP contribution >= 0.6 is 11.6 Å². The van der Waals surface area contributed by atoms with Gasteiger partial charge >= 0.3 is 0 Å². The van der Waals surface area contributed by atoms with E-state index in [0.717, 1.165) is 23.6 Å². The summed E-state index contributed by atoms with van der Waals surface area (Å²) in [6.07, 6.45) is 0.935. The Morgan fingerprint density at radius 2 is 1.94 bits per heavy atom. The zero-order valence-corrected chi connectivity index (χ0v) is 12.0. The van der Waals surface area contributed by atoms with E-state index in [1.807, 2.05) is 38.2 Å². The van der Waals surface area contributed by atoms with Gasteiger partial charge in [-0.15, -0.1) is 0 Å². The molecular formula is C14H21ClN2O. The van der Waals surface area contributed by atoms with E-state index in [2.05, 4.69) is 12.2 Å². The Bertz CT molecular complexity index is 378. The van der Waals surface area contributed by atoms with Crippen molar-refractivity contribution in [3.8, 4) is 0 Å². The van der Waals surface area contributed by atoms with Gasteiger partial charge < -0.3 is 10.2 Å².